The van der Waals surface area contributed by atoms with E-state index in [1.54, 1.807) is 11.3 Å². The third-order valence-corrected chi connectivity index (χ3v) is 4.39. The Kier molecular flexibility index (Phi) is 5.86. The molecule has 0 radical (unpaired) electrons. The molecule has 19 heavy (non-hydrogen) atoms. The maximum atomic E-state index is 11.9. The van der Waals surface area contributed by atoms with E-state index in [0.717, 1.165) is 19.4 Å². The number of hydrogen-bond acceptors (Lipinski definition) is 3. The van der Waals surface area contributed by atoms with Gasteiger partial charge >= 0.3 is 0 Å². The predicted molar refractivity (Wildman–Crippen MR) is 80.5 cm³/mol. The van der Waals surface area contributed by atoms with E-state index in [1.165, 1.54) is 24.8 Å². The summed E-state index contributed by atoms with van der Waals surface area (Å²) in [6.07, 6.45) is 6.34. The molecule has 2 N–H and O–H groups in total. The fraction of sp³-hybridized carbons (Fsp3) is 0.667. The average Bonchev–Trinajstić information content (AvgIpc) is 2.90. The zero-order valence-corrected chi connectivity index (χ0v) is 12.5. The normalized spacial score (nSPS) is 21.0. The number of carbonyl (C=O) groups excluding carboxylic acids is 1. The van der Waals surface area contributed by atoms with Crippen LogP contribution in [-0.4, -0.2) is 24.5 Å². The van der Waals surface area contributed by atoms with Gasteiger partial charge < -0.3 is 10.6 Å². The van der Waals surface area contributed by atoms with Crippen LogP contribution in [-0.2, 0) is 11.2 Å². The molecule has 4 heteroatoms. The number of piperidine rings is 1. The lowest BCUT2D eigenvalue weighted by molar-refractivity contribution is -0.121. The summed E-state index contributed by atoms with van der Waals surface area (Å²) in [6.45, 7) is 3.19. The van der Waals surface area contributed by atoms with Crippen molar-refractivity contribution >= 4 is 17.2 Å². The molecule has 2 unspecified atom stereocenters. The zero-order chi connectivity index (χ0) is 13.5. The van der Waals surface area contributed by atoms with E-state index >= 15 is 0 Å². The molecule has 2 atom stereocenters. The molecule has 1 aromatic rings. The number of thiophene rings is 1. The van der Waals surface area contributed by atoms with Crippen molar-refractivity contribution in [2.45, 2.75) is 57.5 Å². The molecule has 0 aromatic carbocycles. The Hall–Kier alpha value is -0.870. The van der Waals surface area contributed by atoms with Crippen LogP contribution in [0.4, 0.5) is 0 Å². The van der Waals surface area contributed by atoms with Crippen LogP contribution in [0.1, 0.15) is 44.6 Å². The molecule has 0 saturated carbocycles. The second kappa shape index (κ2) is 7.65. The van der Waals surface area contributed by atoms with Gasteiger partial charge in [0.25, 0.3) is 0 Å². The topological polar surface area (TPSA) is 41.1 Å². The Labute approximate surface area is 119 Å². The van der Waals surface area contributed by atoms with E-state index in [1.807, 2.05) is 0 Å². The highest BCUT2D eigenvalue weighted by Crippen LogP contribution is 2.12. The van der Waals surface area contributed by atoms with Crippen LogP contribution in [0, 0.1) is 0 Å². The van der Waals surface area contributed by atoms with Crippen LogP contribution in [0.25, 0.3) is 0 Å². The Morgan fingerprint density at radius 3 is 3.16 bits per heavy atom. The van der Waals surface area contributed by atoms with Crippen LogP contribution < -0.4 is 10.6 Å². The second-order valence-electron chi connectivity index (χ2n) is 5.49. The highest BCUT2D eigenvalue weighted by atomic mass is 32.1. The molecule has 1 amide bonds. The van der Waals surface area contributed by atoms with E-state index in [4.69, 9.17) is 0 Å². The van der Waals surface area contributed by atoms with Gasteiger partial charge in [-0.05, 0) is 61.5 Å². The molecule has 3 nitrogen and oxygen atoms in total. The van der Waals surface area contributed by atoms with Crippen molar-refractivity contribution < 1.29 is 4.79 Å². The lowest BCUT2D eigenvalue weighted by atomic mass is 10.0. The van der Waals surface area contributed by atoms with E-state index in [0.29, 0.717) is 12.5 Å². The Morgan fingerprint density at radius 1 is 1.58 bits per heavy atom. The minimum atomic E-state index is 0.190. The molecule has 1 fully saturated rings. The van der Waals surface area contributed by atoms with E-state index in [9.17, 15) is 4.79 Å². The van der Waals surface area contributed by atoms with E-state index in [2.05, 4.69) is 34.4 Å². The van der Waals surface area contributed by atoms with E-state index < -0.39 is 0 Å². The van der Waals surface area contributed by atoms with Gasteiger partial charge in [-0.1, -0.05) is 6.42 Å². The summed E-state index contributed by atoms with van der Waals surface area (Å²) in [5.74, 6) is 0.190. The lowest BCUT2D eigenvalue weighted by Gasteiger charge is -2.23. The molecule has 0 bridgehead atoms. The molecule has 106 valence electrons. The fourth-order valence-corrected chi connectivity index (χ4v) is 3.32. The predicted octanol–water partition coefficient (Wildman–Crippen LogP) is 2.72. The van der Waals surface area contributed by atoms with Crippen molar-refractivity contribution in [2.24, 2.45) is 0 Å². The summed E-state index contributed by atoms with van der Waals surface area (Å²) >= 11 is 1.71. The Balaban J connectivity index is 1.63. The number of amides is 1. The molecular formula is C15H24N2OS. The highest BCUT2D eigenvalue weighted by molar-refractivity contribution is 7.07. The van der Waals surface area contributed by atoms with Crippen molar-refractivity contribution in [1.29, 1.82) is 0 Å². The van der Waals surface area contributed by atoms with Gasteiger partial charge in [-0.15, -0.1) is 0 Å². The standard InChI is InChI=1S/C15H24N2OS/c1-12(10-13-7-9-19-11-13)17-15(18)6-5-14-4-2-3-8-16-14/h7,9,11-12,14,16H,2-6,8,10H2,1H3,(H,17,18). The van der Waals surface area contributed by atoms with Gasteiger partial charge in [0, 0.05) is 18.5 Å². The number of rotatable bonds is 6. The fourth-order valence-electron chi connectivity index (χ4n) is 2.64. The molecule has 1 aliphatic heterocycles. The number of carbonyl (C=O) groups is 1. The second-order valence-corrected chi connectivity index (χ2v) is 6.27. The third-order valence-electron chi connectivity index (χ3n) is 3.66. The van der Waals surface area contributed by atoms with Gasteiger partial charge in [-0.3, -0.25) is 4.79 Å². The minimum Gasteiger partial charge on any atom is -0.353 e. The van der Waals surface area contributed by atoms with Crippen molar-refractivity contribution in [1.82, 2.24) is 10.6 Å². The van der Waals surface area contributed by atoms with Crippen LogP contribution in [0.3, 0.4) is 0 Å². The Morgan fingerprint density at radius 2 is 2.47 bits per heavy atom. The molecule has 1 aromatic heterocycles. The van der Waals surface area contributed by atoms with Gasteiger partial charge in [0.2, 0.25) is 5.91 Å². The quantitative estimate of drug-likeness (QED) is 0.841. The largest absolute Gasteiger partial charge is 0.353 e. The monoisotopic (exact) mass is 280 g/mol. The number of hydrogen-bond donors (Lipinski definition) is 2. The van der Waals surface area contributed by atoms with E-state index in [-0.39, 0.29) is 11.9 Å². The highest BCUT2D eigenvalue weighted by Gasteiger charge is 2.15. The lowest BCUT2D eigenvalue weighted by Crippen LogP contribution is -2.37. The first-order valence-electron chi connectivity index (χ1n) is 7.28. The van der Waals surface area contributed by atoms with Crippen LogP contribution >= 0.6 is 11.3 Å². The van der Waals surface area contributed by atoms with Crippen LogP contribution in [0.15, 0.2) is 16.8 Å². The van der Waals surface area contributed by atoms with Crippen LogP contribution in [0.5, 0.6) is 0 Å². The first kappa shape index (κ1) is 14.5. The van der Waals surface area contributed by atoms with Crippen molar-refractivity contribution in [3.63, 3.8) is 0 Å². The number of nitrogens with one attached hydrogen (secondary N) is 2. The van der Waals surface area contributed by atoms with Gasteiger partial charge in [0.1, 0.15) is 0 Å². The van der Waals surface area contributed by atoms with Gasteiger partial charge in [0.05, 0.1) is 0 Å². The molecule has 0 aliphatic carbocycles. The molecule has 2 rings (SSSR count). The van der Waals surface area contributed by atoms with Crippen molar-refractivity contribution in [2.75, 3.05) is 6.54 Å². The first-order chi connectivity index (χ1) is 9.24. The SMILES string of the molecule is CC(Cc1ccsc1)NC(=O)CCC1CCCCN1. The maximum Gasteiger partial charge on any atom is 0.220 e. The summed E-state index contributed by atoms with van der Waals surface area (Å²) in [5, 5.41) is 10.8. The molecule has 0 spiro atoms. The average molecular weight is 280 g/mol. The molecular weight excluding hydrogens is 256 g/mol. The third kappa shape index (κ3) is 5.33. The van der Waals surface area contributed by atoms with Crippen molar-refractivity contribution in [3.8, 4) is 0 Å². The summed E-state index contributed by atoms with van der Waals surface area (Å²) in [4.78, 5) is 11.9. The summed E-state index contributed by atoms with van der Waals surface area (Å²) in [7, 11) is 0. The first-order valence-corrected chi connectivity index (χ1v) is 8.22. The minimum absolute atomic E-state index is 0.190. The summed E-state index contributed by atoms with van der Waals surface area (Å²) in [6, 6.07) is 2.90. The van der Waals surface area contributed by atoms with Gasteiger partial charge in [-0.25, -0.2) is 0 Å². The maximum absolute atomic E-state index is 11.9. The van der Waals surface area contributed by atoms with Gasteiger partial charge in [-0.2, -0.15) is 11.3 Å². The molecule has 1 saturated heterocycles. The smallest absolute Gasteiger partial charge is 0.220 e. The van der Waals surface area contributed by atoms with Gasteiger partial charge in [0.15, 0.2) is 0 Å². The molecule has 1 aliphatic rings. The zero-order valence-electron chi connectivity index (χ0n) is 11.7. The Bertz CT molecular complexity index is 372. The summed E-state index contributed by atoms with van der Waals surface area (Å²) in [5.41, 5.74) is 1.31. The van der Waals surface area contributed by atoms with Crippen LogP contribution in [0.2, 0.25) is 0 Å². The summed E-state index contributed by atoms with van der Waals surface area (Å²) < 4.78 is 0. The molecule has 2 heterocycles. The van der Waals surface area contributed by atoms with Crippen molar-refractivity contribution in [3.05, 3.63) is 22.4 Å².